The number of ketones is 1. The van der Waals surface area contributed by atoms with E-state index in [1.807, 2.05) is 48.5 Å². The minimum absolute atomic E-state index is 0.178. The Labute approximate surface area is 277 Å². The standard InChI is InChI=1S/C37H32ClN5O4/c1-5-32(44)42-25-12-13-28(38)31(22-25)43-36(46)34(35(45)37(2,3)4)47-33-26(29-10-6-8-16-40-29)20-24(23-14-18-39-19-15-23)21-27(33)30-11-7-9-17-41-30/h5-22,34H,1H2,2-4H3,(H,42,44)(H,43,46). The zero-order valence-electron chi connectivity index (χ0n) is 26.0. The molecule has 0 saturated heterocycles. The molecule has 1 atom stereocenters. The van der Waals surface area contributed by atoms with Crippen LogP contribution in [0.5, 0.6) is 5.75 Å². The third-order valence-electron chi connectivity index (χ3n) is 7.11. The second-order valence-corrected chi connectivity index (χ2v) is 12.0. The fourth-order valence-corrected chi connectivity index (χ4v) is 4.88. The lowest BCUT2D eigenvalue weighted by molar-refractivity contribution is -0.140. The summed E-state index contributed by atoms with van der Waals surface area (Å²) in [7, 11) is 0. The van der Waals surface area contributed by atoms with E-state index in [-0.39, 0.29) is 16.5 Å². The molecule has 3 aromatic heterocycles. The van der Waals surface area contributed by atoms with Gasteiger partial charge in [0.25, 0.3) is 5.91 Å². The van der Waals surface area contributed by atoms with Gasteiger partial charge in [0.15, 0.2) is 5.78 Å². The quantitative estimate of drug-likeness (QED) is 0.118. The first-order valence-electron chi connectivity index (χ1n) is 14.7. The Bertz CT molecular complexity index is 1870. The molecule has 0 aliphatic heterocycles. The zero-order valence-corrected chi connectivity index (χ0v) is 26.8. The summed E-state index contributed by atoms with van der Waals surface area (Å²) in [5.74, 6) is -1.42. The number of anilines is 2. The molecule has 0 saturated carbocycles. The fourth-order valence-electron chi connectivity index (χ4n) is 4.72. The van der Waals surface area contributed by atoms with E-state index in [0.29, 0.717) is 28.2 Å². The van der Waals surface area contributed by atoms with Crippen LogP contribution < -0.4 is 15.4 Å². The van der Waals surface area contributed by atoms with Gasteiger partial charge in [0.05, 0.1) is 22.1 Å². The lowest BCUT2D eigenvalue weighted by atomic mass is 9.87. The molecule has 47 heavy (non-hydrogen) atoms. The summed E-state index contributed by atoms with van der Waals surface area (Å²) in [6.07, 6.45) is 6.22. The van der Waals surface area contributed by atoms with Gasteiger partial charge in [0.1, 0.15) is 5.75 Å². The third-order valence-corrected chi connectivity index (χ3v) is 7.44. The maximum Gasteiger partial charge on any atom is 0.273 e. The molecule has 2 amide bonds. The molecule has 0 radical (unpaired) electrons. The highest BCUT2D eigenvalue weighted by Gasteiger charge is 2.38. The molecule has 9 nitrogen and oxygen atoms in total. The Balaban J connectivity index is 1.67. The van der Waals surface area contributed by atoms with E-state index < -0.39 is 29.1 Å². The number of carbonyl (C=O) groups excluding carboxylic acids is 3. The van der Waals surface area contributed by atoms with E-state index >= 15 is 0 Å². The molecule has 0 bridgehead atoms. The van der Waals surface area contributed by atoms with Crippen molar-refractivity contribution < 1.29 is 19.1 Å². The summed E-state index contributed by atoms with van der Waals surface area (Å²) in [6, 6.07) is 23.1. The van der Waals surface area contributed by atoms with Gasteiger partial charge in [-0.2, -0.15) is 0 Å². The Morgan fingerprint density at radius 1 is 0.809 bits per heavy atom. The predicted molar refractivity (Wildman–Crippen MR) is 184 cm³/mol. The maximum atomic E-state index is 14.1. The number of Topliss-reactive ketones (excluding diaryl/α,β-unsaturated/α-hetero) is 1. The maximum absolute atomic E-state index is 14.1. The van der Waals surface area contributed by atoms with Crippen molar-refractivity contribution in [2.24, 2.45) is 5.41 Å². The molecule has 5 rings (SSSR count). The van der Waals surface area contributed by atoms with E-state index in [9.17, 15) is 14.4 Å². The highest BCUT2D eigenvalue weighted by Crippen LogP contribution is 2.42. The number of hydrogen-bond donors (Lipinski definition) is 2. The van der Waals surface area contributed by atoms with Crippen molar-refractivity contribution in [2.45, 2.75) is 26.9 Å². The van der Waals surface area contributed by atoms with Gasteiger partial charge in [-0.15, -0.1) is 0 Å². The van der Waals surface area contributed by atoms with Gasteiger partial charge in [-0.1, -0.05) is 51.1 Å². The molecular weight excluding hydrogens is 614 g/mol. The second-order valence-electron chi connectivity index (χ2n) is 11.6. The molecule has 0 aliphatic rings. The van der Waals surface area contributed by atoms with Crippen LogP contribution in [0.15, 0.2) is 116 Å². The van der Waals surface area contributed by atoms with Crippen LogP contribution in [-0.4, -0.2) is 38.7 Å². The van der Waals surface area contributed by atoms with Gasteiger partial charge in [0, 0.05) is 47.0 Å². The SMILES string of the molecule is C=CC(=O)Nc1ccc(Cl)c(NC(=O)C(Oc2c(-c3ccccn3)cc(-c3ccncc3)cc2-c2ccccn2)C(=O)C(C)(C)C)c1. The molecule has 0 aliphatic carbocycles. The van der Waals surface area contributed by atoms with E-state index in [1.165, 1.54) is 12.1 Å². The monoisotopic (exact) mass is 645 g/mol. The molecule has 0 fully saturated rings. The number of benzene rings is 2. The van der Waals surface area contributed by atoms with Crippen molar-refractivity contribution in [2.75, 3.05) is 10.6 Å². The first-order chi connectivity index (χ1) is 22.5. The third kappa shape index (κ3) is 7.77. The molecule has 10 heteroatoms. The molecule has 1 unspecified atom stereocenters. The number of hydrogen-bond acceptors (Lipinski definition) is 7. The number of halogens is 1. The van der Waals surface area contributed by atoms with Crippen LogP contribution in [0.2, 0.25) is 5.02 Å². The van der Waals surface area contributed by atoms with E-state index in [1.54, 1.807) is 63.8 Å². The number of rotatable bonds is 10. The number of ether oxygens (including phenoxy) is 1. The summed E-state index contributed by atoms with van der Waals surface area (Å²) in [5, 5.41) is 5.57. The van der Waals surface area contributed by atoms with Crippen molar-refractivity contribution in [1.82, 2.24) is 15.0 Å². The van der Waals surface area contributed by atoms with E-state index in [4.69, 9.17) is 16.3 Å². The van der Waals surface area contributed by atoms with Gasteiger partial charge in [0.2, 0.25) is 12.0 Å². The Morgan fingerprint density at radius 2 is 1.43 bits per heavy atom. The Hall–Kier alpha value is -5.67. The Morgan fingerprint density at radius 3 is 1.96 bits per heavy atom. The van der Waals surface area contributed by atoms with Crippen LogP contribution in [-0.2, 0) is 14.4 Å². The predicted octanol–water partition coefficient (Wildman–Crippen LogP) is 7.65. The lowest BCUT2D eigenvalue weighted by Gasteiger charge is -2.27. The Kier molecular flexibility index (Phi) is 9.87. The molecular formula is C37H32ClN5O4. The first-order valence-corrected chi connectivity index (χ1v) is 15.1. The lowest BCUT2D eigenvalue weighted by Crippen LogP contribution is -2.45. The summed E-state index contributed by atoms with van der Waals surface area (Å²) >= 11 is 6.44. The average Bonchev–Trinajstić information content (AvgIpc) is 3.08. The highest BCUT2D eigenvalue weighted by atomic mass is 35.5. The normalized spacial score (nSPS) is 11.7. The molecule has 5 aromatic rings. The van der Waals surface area contributed by atoms with Crippen molar-refractivity contribution in [3.63, 3.8) is 0 Å². The molecule has 2 aromatic carbocycles. The van der Waals surface area contributed by atoms with Crippen LogP contribution in [0, 0.1) is 5.41 Å². The summed E-state index contributed by atoms with van der Waals surface area (Å²) in [6.45, 7) is 8.59. The van der Waals surface area contributed by atoms with Gasteiger partial charge in [-0.3, -0.25) is 29.3 Å². The topological polar surface area (TPSA) is 123 Å². The minimum Gasteiger partial charge on any atom is -0.471 e. The van der Waals surface area contributed by atoms with Crippen molar-refractivity contribution in [1.29, 1.82) is 0 Å². The molecule has 3 heterocycles. The van der Waals surface area contributed by atoms with Crippen molar-refractivity contribution >= 4 is 40.6 Å². The fraction of sp³-hybridized carbons (Fsp3) is 0.135. The van der Waals surface area contributed by atoms with Crippen LogP contribution in [0.25, 0.3) is 33.6 Å². The van der Waals surface area contributed by atoms with Gasteiger partial charge >= 0.3 is 0 Å². The summed E-state index contributed by atoms with van der Waals surface area (Å²) in [4.78, 5) is 53.3. The number of carbonyl (C=O) groups is 3. The van der Waals surface area contributed by atoms with Crippen molar-refractivity contribution in [3.05, 3.63) is 121 Å². The van der Waals surface area contributed by atoms with Gasteiger partial charge in [-0.05, 0) is 83.9 Å². The summed E-state index contributed by atoms with van der Waals surface area (Å²) < 4.78 is 6.57. The smallest absolute Gasteiger partial charge is 0.273 e. The first kappa shape index (κ1) is 32.7. The zero-order chi connectivity index (χ0) is 33.6. The molecule has 0 spiro atoms. The van der Waals surface area contributed by atoms with E-state index in [0.717, 1.165) is 17.2 Å². The van der Waals surface area contributed by atoms with E-state index in [2.05, 4.69) is 32.2 Å². The van der Waals surface area contributed by atoms with Crippen LogP contribution in [0.3, 0.4) is 0 Å². The minimum atomic E-state index is -1.62. The molecule has 2 N–H and O–H groups in total. The average molecular weight is 646 g/mol. The van der Waals surface area contributed by atoms with Crippen LogP contribution in [0.1, 0.15) is 20.8 Å². The second kappa shape index (κ2) is 14.2. The number of amides is 2. The highest BCUT2D eigenvalue weighted by molar-refractivity contribution is 6.34. The van der Waals surface area contributed by atoms with Crippen molar-refractivity contribution in [3.8, 4) is 39.4 Å². The molecule has 236 valence electrons. The van der Waals surface area contributed by atoms with Gasteiger partial charge < -0.3 is 15.4 Å². The largest absolute Gasteiger partial charge is 0.471 e. The van der Waals surface area contributed by atoms with Gasteiger partial charge in [-0.25, -0.2) is 0 Å². The van der Waals surface area contributed by atoms with Crippen LogP contribution >= 0.6 is 11.6 Å². The van der Waals surface area contributed by atoms with Crippen LogP contribution in [0.4, 0.5) is 11.4 Å². The number of nitrogens with one attached hydrogen (secondary N) is 2. The number of nitrogens with zero attached hydrogens (tertiary/aromatic N) is 3. The number of aromatic nitrogens is 3. The number of pyridine rings is 3. The summed E-state index contributed by atoms with van der Waals surface area (Å²) in [5.41, 5.74) is 3.51.